The molecule has 0 spiro atoms. The summed E-state index contributed by atoms with van der Waals surface area (Å²) < 4.78 is 0. The van der Waals surface area contributed by atoms with E-state index in [1.807, 2.05) is 30.3 Å². The third-order valence-electron chi connectivity index (χ3n) is 3.62. The first-order chi connectivity index (χ1) is 11.6. The van der Waals surface area contributed by atoms with Crippen LogP contribution in [0.25, 0.3) is 10.8 Å². The molecule has 0 fully saturated rings. The quantitative estimate of drug-likeness (QED) is 0.708. The van der Waals surface area contributed by atoms with E-state index in [2.05, 4.69) is 11.8 Å². The van der Waals surface area contributed by atoms with E-state index in [9.17, 15) is 19.8 Å². The Morgan fingerprint density at radius 2 is 1.42 bits per heavy atom. The molecule has 0 aromatic heterocycles. The summed E-state index contributed by atoms with van der Waals surface area (Å²) in [6.45, 7) is 0. The van der Waals surface area contributed by atoms with Gasteiger partial charge >= 0.3 is 11.9 Å². The van der Waals surface area contributed by atoms with Crippen LogP contribution >= 0.6 is 0 Å². The van der Waals surface area contributed by atoms with Crippen molar-refractivity contribution in [1.29, 1.82) is 0 Å². The molecule has 2 N–H and O–H groups in total. The van der Waals surface area contributed by atoms with Crippen molar-refractivity contribution < 1.29 is 19.8 Å². The van der Waals surface area contributed by atoms with E-state index in [4.69, 9.17) is 0 Å². The van der Waals surface area contributed by atoms with Crippen LogP contribution in [0.3, 0.4) is 0 Å². The maximum Gasteiger partial charge on any atom is 0.336 e. The minimum atomic E-state index is -1.12. The number of hydrogen-bond acceptors (Lipinski definition) is 2. The summed E-state index contributed by atoms with van der Waals surface area (Å²) in [4.78, 5) is 22.9. The van der Waals surface area contributed by atoms with E-state index in [1.165, 1.54) is 18.2 Å². The van der Waals surface area contributed by atoms with Crippen LogP contribution in [0, 0.1) is 11.8 Å². The average Bonchev–Trinajstić information content (AvgIpc) is 2.59. The summed E-state index contributed by atoms with van der Waals surface area (Å²) in [6.07, 6.45) is 0. The van der Waals surface area contributed by atoms with Gasteiger partial charge in [0.15, 0.2) is 0 Å². The van der Waals surface area contributed by atoms with Crippen molar-refractivity contribution in [3.8, 4) is 11.8 Å². The highest BCUT2D eigenvalue weighted by Crippen LogP contribution is 2.26. The zero-order valence-electron chi connectivity index (χ0n) is 12.5. The molecule has 0 atom stereocenters. The van der Waals surface area contributed by atoms with Gasteiger partial charge in [0.05, 0.1) is 11.1 Å². The van der Waals surface area contributed by atoms with Crippen molar-refractivity contribution in [3.63, 3.8) is 0 Å². The van der Waals surface area contributed by atoms with Crippen LogP contribution in [0.5, 0.6) is 0 Å². The maximum atomic E-state index is 11.5. The molecule has 0 saturated carbocycles. The maximum absolute atomic E-state index is 11.5. The summed E-state index contributed by atoms with van der Waals surface area (Å²) in [5, 5.41) is 19.5. The van der Waals surface area contributed by atoms with Crippen molar-refractivity contribution in [3.05, 3.63) is 82.9 Å². The van der Waals surface area contributed by atoms with Gasteiger partial charge in [-0.15, -0.1) is 0 Å². The van der Waals surface area contributed by atoms with Gasteiger partial charge in [0.25, 0.3) is 0 Å². The van der Waals surface area contributed by atoms with Crippen LogP contribution in [-0.4, -0.2) is 22.2 Å². The minimum absolute atomic E-state index is 0.0351. The second-order valence-electron chi connectivity index (χ2n) is 5.12. The molecule has 0 bridgehead atoms. The zero-order valence-corrected chi connectivity index (χ0v) is 12.5. The van der Waals surface area contributed by atoms with Gasteiger partial charge in [0.2, 0.25) is 0 Å². The molecule has 0 radical (unpaired) electrons. The fraction of sp³-hybridized carbons (Fsp3) is 0. The minimum Gasteiger partial charge on any atom is -0.478 e. The number of rotatable bonds is 2. The second-order valence-corrected chi connectivity index (χ2v) is 5.12. The third kappa shape index (κ3) is 2.83. The van der Waals surface area contributed by atoms with Crippen LogP contribution in [-0.2, 0) is 0 Å². The standard InChI is InChI=1S/C20H12O4/c21-19(22)16-12-11-14(10-9-13-5-2-1-3-6-13)18-15(16)7-4-8-17(18)20(23)24/h1-8,11-12H,(H,21,22)(H,23,24). The molecule has 0 saturated heterocycles. The molecular weight excluding hydrogens is 304 g/mol. The van der Waals surface area contributed by atoms with Gasteiger partial charge in [-0.05, 0) is 35.7 Å². The van der Waals surface area contributed by atoms with Crippen LogP contribution in [0.2, 0.25) is 0 Å². The lowest BCUT2D eigenvalue weighted by Gasteiger charge is -2.08. The van der Waals surface area contributed by atoms with Crippen LogP contribution in [0.1, 0.15) is 31.8 Å². The number of hydrogen-bond donors (Lipinski definition) is 2. The Morgan fingerprint density at radius 3 is 2.08 bits per heavy atom. The number of carboxylic acids is 2. The van der Waals surface area contributed by atoms with Crippen LogP contribution in [0.15, 0.2) is 60.7 Å². The highest BCUT2D eigenvalue weighted by atomic mass is 16.4. The van der Waals surface area contributed by atoms with Gasteiger partial charge in [0, 0.05) is 16.5 Å². The Morgan fingerprint density at radius 1 is 0.708 bits per heavy atom. The largest absolute Gasteiger partial charge is 0.478 e. The van der Waals surface area contributed by atoms with Crippen molar-refractivity contribution in [1.82, 2.24) is 0 Å². The first kappa shape index (κ1) is 15.3. The van der Waals surface area contributed by atoms with Gasteiger partial charge in [0.1, 0.15) is 0 Å². The monoisotopic (exact) mass is 316 g/mol. The molecule has 116 valence electrons. The van der Waals surface area contributed by atoms with Crippen molar-refractivity contribution in [2.75, 3.05) is 0 Å². The van der Waals surface area contributed by atoms with E-state index in [0.29, 0.717) is 16.3 Å². The number of benzene rings is 3. The molecule has 4 heteroatoms. The Bertz CT molecular complexity index is 1010. The summed E-state index contributed by atoms with van der Waals surface area (Å²) in [5.74, 6) is 3.71. The fourth-order valence-electron chi connectivity index (χ4n) is 2.54. The number of fused-ring (bicyclic) bond motifs is 1. The second kappa shape index (κ2) is 6.27. The van der Waals surface area contributed by atoms with Gasteiger partial charge in [-0.3, -0.25) is 0 Å². The molecule has 3 aromatic carbocycles. The topological polar surface area (TPSA) is 74.6 Å². The summed E-state index contributed by atoms with van der Waals surface area (Å²) in [7, 11) is 0. The first-order valence-electron chi connectivity index (χ1n) is 7.17. The normalized spacial score (nSPS) is 10.0. The van der Waals surface area contributed by atoms with Crippen molar-refractivity contribution in [2.45, 2.75) is 0 Å². The molecule has 3 aromatic rings. The Hall–Kier alpha value is -3.58. The molecule has 0 unspecified atom stereocenters. The van der Waals surface area contributed by atoms with Gasteiger partial charge < -0.3 is 10.2 Å². The SMILES string of the molecule is O=C(O)c1ccc(C#Cc2ccccc2)c2c(C(=O)O)cccc12. The Balaban J connectivity index is 2.29. The predicted molar refractivity (Wildman–Crippen MR) is 90.3 cm³/mol. The lowest BCUT2D eigenvalue weighted by molar-refractivity contribution is 0.0686. The zero-order chi connectivity index (χ0) is 17.1. The van der Waals surface area contributed by atoms with E-state index < -0.39 is 11.9 Å². The molecule has 0 aliphatic heterocycles. The first-order valence-corrected chi connectivity index (χ1v) is 7.17. The molecule has 0 aliphatic rings. The highest BCUT2D eigenvalue weighted by Gasteiger charge is 2.16. The number of carbonyl (C=O) groups is 2. The molecule has 3 rings (SSSR count). The smallest absolute Gasteiger partial charge is 0.336 e. The molecule has 0 amide bonds. The third-order valence-corrected chi connectivity index (χ3v) is 3.62. The predicted octanol–water partition coefficient (Wildman–Crippen LogP) is 3.64. The molecule has 0 heterocycles. The Labute approximate surface area is 138 Å². The average molecular weight is 316 g/mol. The van der Waals surface area contributed by atoms with Crippen molar-refractivity contribution >= 4 is 22.7 Å². The lowest BCUT2D eigenvalue weighted by Crippen LogP contribution is -2.03. The van der Waals surface area contributed by atoms with Crippen molar-refractivity contribution in [2.24, 2.45) is 0 Å². The van der Waals surface area contributed by atoms with Gasteiger partial charge in [-0.25, -0.2) is 9.59 Å². The summed E-state index contributed by atoms with van der Waals surface area (Å²) in [6, 6.07) is 16.9. The fourth-order valence-corrected chi connectivity index (χ4v) is 2.54. The van der Waals surface area contributed by atoms with Gasteiger partial charge in [-0.2, -0.15) is 0 Å². The summed E-state index contributed by atoms with van der Waals surface area (Å²) in [5.41, 5.74) is 1.36. The van der Waals surface area contributed by atoms with E-state index in [0.717, 1.165) is 5.56 Å². The Kier molecular flexibility index (Phi) is 4.00. The molecule has 24 heavy (non-hydrogen) atoms. The number of aromatic carboxylic acids is 2. The van der Waals surface area contributed by atoms with Crippen LogP contribution in [0.4, 0.5) is 0 Å². The number of carboxylic acid groups (broad SMARTS) is 2. The summed E-state index contributed by atoms with van der Waals surface area (Å²) >= 11 is 0. The lowest BCUT2D eigenvalue weighted by atomic mass is 9.95. The molecular formula is C20H12O4. The van der Waals surface area contributed by atoms with E-state index in [-0.39, 0.29) is 11.1 Å². The molecule has 4 nitrogen and oxygen atoms in total. The van der Waals surface area contributed by atoms with Crippen LogP contribution < -0.4 is 0 Å². The molecule has 0 aliphatic carbocycles. The van der Waals surface area contributed by atoms with Gasteiger partial charge in [-0.1, -0.05) is 42.2 Å². The van der Waals surface area contributed by atoms with E-state index in [1.54, 1.807) is 12.1 Å². The van der Waals surface area contributed by atoms with E-state index >= 15 is 0 Å². The highest BCUT2D eigenvalue weighted by molar-refractivity contribution is 6.12.